The number of benzene rings is 1. The molecular weight excluding hydrogens is 296 g/mol. The molecule has 0 saturated heterocycles. The Morgan fingerprint density at radius 2 is 2.25 bits per heavy atom. The second-order valence-electron chi connectivity index (χ2n) is 4.69. The predicted octanol–water partition coefficient (Wildman–Crippen LogP) is 2.77. The van der Waals surface area contributed by atoms with Crippen LogP contribution in [0.3, 0.4) is 0 Å². The average Bonchev–Trinajstić information content (AvgIpc) is 2.38. The topological polar surface area (TPSA) is 52.6 Å². The van der Waals surface area contributed by atoms with Crippen molar-refractivity contribution in [2.24, 2.45) is 0 Å². The van der Waals surface area contributed by atoms with Crippen LogP contribution in [0.2, 0.25) is 5.02 Å². The minimum absolute atomic E-state index is 0.151. The number of carbonyl (C=O) groups is 1. The fourth-order valence-electron chi connectivity index (χ4n) is 1.84. The van der Waals surface area contributed by atoms with Gasteiger partial charge < -0.3 is 15.3 Å². The van der Waals surface area contributed by atoms with Crippen molar-refractivity contribution in [1.82, 2.24) is 10.2 Å². The number of carbonyl (C=O) groups excluding carboxylic acids is 1. The smallest absolute Gasteiger partial charge is 0.317 e. The maximum absolute atomic E-state index is 11.9. The average molecular weight is 317 g/mol. The van der Waals surface area contributed by atoms with Crippen molar-refractivity contribution in [3.8, 4) is 0 Å². The second kappa shape index (κ2) is 8.39. The fraction of sp³-hybridized carbons (Fsp3) is 0.500. The highest BCUT2D eigenvalue weighted by atomic mass is 35.5. The van der Waals surface area contributed by atoms with E-state index in [1.807, 2.05) is 30.5 Å². The van der Waals surface area contributed by atoms with Crippen molar-refractivity contribution in [3.05, 3.63) is 34.9 Å². The van der Waals surface area contributed by atoms with Gasteiger partial charge in [0.15, 0.2) is 0 Å². The van der Waals surface area contributed by atoms with Gasteiger partial charge in [-0.15, -0.1) is 0 Å². The van der Waals surface area contributed by atoms with Crippen molar-refractivity contribution in [2.75, 3.05) is 26.4 Å². The number of hydrogen-bond acceptors (Lipinski definition) is 3. The highest BCUT2D eigenvalue weighted by molar-refractivity contribution is 7.98. The van der Waals surface area contributed by atoms with E-state index in [0.29, 0.717) is 18.1 Å². The van der Waals surface area contributed by atoms with E-state index in [1.165, 1.54) is 4.90 Å². The molecule has 0 heterocycles. The molecule has 2 unspecified atom stereocenters. The third-order valence-corrected chi connectivity index (χ3v) is 4.07. The van der Waals surface area contributed by atoms with Crippen molar-refractivity contribution in [1.29, 1.82) is 0 Å². The molecule has 2 amide bonds. The predicted molar refractivity (Wildman–Crippen MR) is 85.4 cm³/mol. The molecule has 4 nitrogen and oxygen atoms in total. The Kier molecular flexibility index (Phi) is 7.19. The van der Waals surface area contributed by atoms with Gasteiger partial charge in [-0.25, -0.2) is 4.79 Å². The number of amides is 2. The first-order chi connectivity index (χ1) is 9.43. The summed E-state index contributed by atoms with van der Waals surface area (Å²) in [6.07, 6.45) is 1.46. The maximum atomic E-state index is 11.9. The van der Waals surface area contributed by atoms with Crippen molar-refractivity contribution in [3.63, 3.8) is 0 Å². The number of likely N-dealkylation sites (N-methyl/N-ethyl adjacent to an activating group) is 1. The van der Waals surface area contributed by atoms with E-state index in [0.717, 1.165) is 5.56 Å². The van der Waals surface area contributed by atoms with Gasteiger partial charge in [-0.1, -0.05) is 23.7 Å². The molecular formula is C14H21ClN2O2S. The summed E-state index contributed by atoms with van der Waals surface area (Å²) in [7, 11) is 1.66. The summed E-state index contributed by atoms with van der Waals surface area (Å²) in [6.45, 7) is 2.48. The quantitative estimate of drug-likeness (QED) is 0.848. The van der Waals surface area contributed by atoms with E-state index in [4.69, 9.17) is 11.6 Å². The number of urea groups is 1. The molecule has 2 N–H and O–H groups in total. The molecule has 0 aliphatic rings. The van der Waals surface area contributed by atoms with Gasteiger partial charge in [-0.05, 0) is 30.9 Å². The summed E-state index contributed by atoms with van der Waals surface area (Å²) in [4.78, 5) is 13.3. The first-order valence-electron chi connectivity index (χ1n) is 6.39. The van der Waals surface area contributed by atoms with E-state index >= 15 is 0 Å². The largest absolute Gasteiger partial charge is 0.392 e. The highest BCUT2D eigenvalue weighted by Crippen LogP contribution is 2.27. The first kappa shape index (κ1) is 17.1. The number of rotatable bonds is 6. The second-order valence-corrected chi connectivity index (χ2v) is 6.17. The minimum Gasteiger partial charge on any atom is -0.392 e. The lowest BCUT2D eigenvalue weighted by atomic mass is 10.1. The number of thioether (sulfide) groups is 1. The van der Waals surface area contributed by atoms with Crippen LogP contribution in [0.15, 0.2) is 24.3 Å². The Hall–Kier alpha value is -0.910. The van der Waals surface area contributed by atoms with E-state index in [9.17, 15) is 9.90 Å². The molecule has 0 aromatic heterocycles. The summed E-state index contributed by atoms with van der Waals surface area (Å²) in [5.41, 5.74) is 1.09. The Morgan fingerprint density at radius 3 is 2.80 bits per heavy atom. The van der Waals surface area contributed by atoms with Crippen LogP contribution in [0.5, 0.6) is 0 Å². The van der Waals surface area contributed by atoms with Gasteiger partial charge in [0.05, 0.1) is 6.10 Å². The molecule has 1 rings (SSSR count). The van der Waals surface area contributed by atoms with Gasteiger partial charge in [0.2, 0.25) is 0 Å². The standard InChI is InChI=1S/C14H21ClN2O2S/c1-10(18)9-17(2)14(19)16-8-13(20-3)11-5-4-6-12(15)7-11/h4-7,10,13,18H,8-9H2,1-3H3,(H,16,19). The molecule has 2 atom stereocenters. The summed E-state index contributed by atoms with van der Waals surface area (Å²) in [5.74, 6) is 0. The van der Waals surface area contributed by atoms with Crippen molar-refractivity contribution >= 4 is 29.4 Å². The monoisotopic (exact) mass is 316 g/mol. The van der Waals surface area contributed by atoms with Crippen LogP contribution in [0, 0.1) is 0 Å². The molecule has 0 saturated carbocycles. The molecule has 6 heteroatoms. The van der Waals surface area contributed by atoms with Crippen molar-refractivity contribution < 1.29 is 9.90 Å². The van der Waals surface area contributed by atoms with Crippen LogP contribution in [-0.2, 0) is 0 Å². The first-order valence-corrected chi connectivity index (χ1v) is 8.06. The lowest BCUT2D eigenvalue weighted by molar-refractivity contribution is 0.144. The number of aliphatic hydroxyl groups excluding tert-OH is 1. The normalized spacial score (nSPS) is 13.7. The minimum atomic E-state index is -0.532. The third kappa shape index (κ3) is 5.61. The van der Waals surface area contributed by atoms with Gasteiger partial charge in [-0.3, -0.25) is 0 Å². The summed E-state index contributed by atoms with van der Waals surface area (Å²) >= 11 is 7.64. The fourth-order valence-corrected chi connectivity index (χ4v) is 2.71. The lowest BCUT2D eigenvalue weighted by Gasteiger charge is -2.22. The molecule has 112 valence electrons. The molecule has 0 aliphatic carbocycles. The molecule has 0 bridgehead atoms. The van der Waals surface area contributed by atoms with E-state index in [2.05, 4.69) is 5.32 Å². The van der Waals surface area contributed by atoms with Crippen molar-refractivity contribution in [2.45, 2.75) is 18.3 Å². The molecule has 0 fully saturated rings. The van der Waals surface area contributed by atoms with Gasteiger partial charge in [0.25, 0.3) is 0 Å². The summed E-state index contributed by atoms with van der Waals surface area (Å²) in [6, 6.07) is 7.46. The molecule has 0 radical (unpaired) electrons. The Labute approximate surface area is 129 Å². The molecule has 0 aliphatic heterocycles. The number of nitrogens with zero attached hydrogens (tertiary/aromatic N) is 1. The van der Waals surface area contributed by atoms with Crippen LogP contribution < -0.4 is 5.32 Å². The summed E-state index contributed by atoms with van der Waals surface area (Å²) < 4.78 is 0. The molecule has 1 aromatic rings. The Bertz CT molecular complexity index is 443. The van der Waals surface area contributed by atoms with Crippen LogP contribution >= 0.6 is 23.4 Å². The zero-order valence-corrected chi connectivity index (χ0v) is 13.5. The number of aliphatic hydroxyl groups is 1. The number of nitrogens with one attached hydrogen (secondary N) is 1. The Balaban J connectivity index is 2.55. The zero-order chi connectivity index (χ0) is 15.1. The van der Waals surface area contributed by atoms with Crippen LogP contribution in [0.25, 0.3) is 0 Å². The SMILES string of the molecule is CSC(CNC(=O)N(C)CC(C)O)c1cccc(Cl)c1. The van der Waals surface area contributed by atoms with Gasteiger partial charge in [0.1, 0.15) is 0 Å². The summed E-state index contributed by atoms with van der Waals surface area (Å²) in [5, 5.41) is 13.0. The van der Waals surface area contributed by atoms with E-state index < -0.39 is 6.10 Å². The maximum Gasteiger partial charge on any atom is 0.317 e. The van der Waals surface area contributed by atoms with Crippen LogP contribution in [0.1, 0.15) is 17.7 Å². The molecule has 20 heavy (non-hydrogen) atoms. The van der Waals surface area contributed by atoms with Crippen LogP contribution in [-0.4, -0.2) is 48.5 Å². The van der Waals surface area contributed by atoms with Gasteiger partial charge in [0, 0.05) is 30.4 Å². The van der Waals surface area contributed by atoms with Gasteiger partial charge in [-0.2, -0.15) is 11.8 Å². The lowest BCUT2D eigenvalue weighted by Crippen LogP contribution is -2.41. The van der Waals surface area contributed by atoms with Gasteiger partial charge >= 0.3 is 6.03 Å². The molecule has 0 spiro atoms. The van der Waals surface area contributed by atoms with E-state index in [-0.39, 0.29) is 11.3 Å². The Morgan fingerprint density at radius 1 is 1.55 bits per heavy atom. The highest BCUT2D eigenvalue weighted by Gasteiger charge is 2.15. The third-order valence-electron chi connectivity index (χ3n) is 2.83. The van der Waals surface area contributed by atoms with Crippen LogP contribution in [0.4, 0.5) is 4.79 Å². The molecule has 1 aromatic carbocycles. The number of halogens is 1. The zero-order valence-electron chi connectivity index (χ0n) is 12.0. The number of hydrogen-bond donors (Lipinski definition) is 2. The van der Waals surface area contributed by atoms with E-state index in [1.54, 1.807) is 25.7 Å².